The number of ether oxygens (including phenoxy) is 2. The predicted molar refractivity (Wildman–Crippen MR) is 114 cm³/mol. The number of methoxy groups -OCH3 is 1. The molecule has 0 bridgehead atoms. The average molecular weight is 453 g/mol. The van der Waals surface area contributed by atoms with Crippen LogP contribution in [0.2, 0.25) is 5.02 Å². The van der Waals surface area contributed by atoms with Gasteiger partial charge in [-0.15, -0.1) is 0 Å². The lowest BCUT2D eigenvalue weighted by molar-refractivity contribution is -0.121. The summed E-state index contributed by atoms with van der Waals surface area (Å²) in [5, 5.41) is 0.552. The van der Waals surface area contributed by atoms with E-state index < -0.39 is 21.3 Å². The topological polar surface area (TPSA) is 98.9 Å². The van der Waals surface area contributed by atoms with Gasteiger partial charge in [-0.3, -0.25) is 4.79 Å². The Morgan fingerprint density at radius 3 is 2.43 bits per heavy atom. The van der Waals surface area contributed by atoms with Crippen LogP contribution in [0.15, 0.2) is 53.4 Å². The van der Waals surface area contributed by atoms with Crippen molar-refractivity contribution >= 4 is 27.5 Å². The van der Waals surface area contributed by atoms with Crippen LogP contribution in [0.5, 0.6) is 11.5 Å². The molecule has 0 spiro atoms. The number of hydrogen-bond acceptors (Lipinski definition) is 5. The van der Waals surface area contributed by atoms with E-state index >= 15 is 0 Å². The molecule has 0 atom stereocenters. The summed E-state index contributed by atoms with van der Waals surface area (Å²) in [5.41, 5.74) is 4.95. The standard InChI is InChI=1S/C21H25ClN2O5S/c1-28-17-5-3-7-19(13-17)30(26,27)24-10-8-21(9-11-24,14-20(23)25)15-29-18-6-2-4-16(22)12-18/h2-7,12-13H,8-11,14-15H2,1H3,(H2,23,25). The van der Waals surface area contributed by atoms with Gasteiger partial charge in [0.2, 0.25) is 15.9 Å². The Bertz CT molecular complexity index is 1000. The Labute approximate surface area is 181 Å². The maximum absolute atomic E-state index is 13.0. The SMILES string of the molecule is COc1cccc(S(=O)(=O)N2CCC(COc3cccc(Cl)c3)(CC(N)=O)CC2)c1. The maximum Gasteiger partial charge on any atom is 0.243 e. The lowest BCUT2D eigenvalue weighted by Gasteiger charge is -2.40. The van der Waals surface area contributed by atoms with Crippen LogP contribution in [-0.4, -0.2) is 45.4 Å². The third-order valence-corrected chi connectivity index (χ3v) is 7.48. The molecule has 1 saturated heterocycles. The Hall–Kier alpha value is -2.29. The normalized spacial score (nSPS) is 16.7. The Balaban J connectivity index is 1.73. The smallest absolute Gasteiger partial charge is 0.243 e. The fraction of sp³-hybridized carbons (Fsp3) is 0.381. The molecule has 0 radical (unpaired) electrons. The van der Waals surface area contributed by atoms with Crippen molar-refractivity contribution in [1.82, 2.24) is 4.31 Å². The summed E-state index contributed by atoms with van der Waals surface area (Å²) in [6, 6.07) is 13.4. The minimum atomic E-state index is -3.67. The predicted octanol–water partition coefficient (Wildman–Crippen LogP) is 3.07. The van der Waals surface area contributed by atoms with Crippen molar-refractivity contribution < 1.29 is 22.7 Å². The molecule has 1 heterocycles. The van der Waals surface area contributed by atoms with Gasteiger partial charge in [0, 0.05) is 36.0 Å². The van der Waals surface area contributed by atoms with E-state index in [1.54, 1.807) is 42.5 Å². The second-order valence-electron chi connectivity index (χ2n) is 7.47. The number of primary amides is 1. The number of nitrogens with two attached hydrogens (primary N) is 1. The number of carbonyl (C=O) groups excluding carboxylic acids is 1. The van der Waals surface area contributed by atoms with Crippen LogP contribution in [0.1, 0.15) is 19.3 Å². The number of piperidine rings is 1. The Morgan fingerprint density at radius 1 is 1.13 bits per heavy atom. The highest BCUT2D eigenvalue weighted by Gasteiger charge is 2.40. The molecule has 0 saturated carbocycles. The maximum atomic E-state index is 13.0. The molecule has 162 valence electrons. The third kappa shape index (κ3) is 5.24. The molecule has 1 aliphatic heterocycles. The minimum Gasteiger partial charge on any atom is -0.497 e. The van der Waals surface area contributed by atoms with Gasteiger partial charge in [0.25, 0.3) is 0 Å². The summed E-state index contributed by atoms with van der Waals surface area (Å²) < 4.78 is 38.5. The van der Waals surface area contributed by atoms with Crippen LogP contribution in [0.4, 0.5) is 0 Å². The van der Waals surface area contributed by atoms with E-state index in [1.807, 2.05) is 0 Å². The van der Waals surface area contributed by atoms with Gasteiger partial charge in [-0.1, -0.05) is 23.7 Å². The van der Waals surface area contributed by atoms with Crippen LogP contribution in [0.3, 0.4) is 0 Å². The minimum absolute atomic E-state index is 0.126. The first-order valence-corrected chi connectivity index (χ1v) is 11.4. The molecule has 2 aromatic carbocycles. The van der Waals surface area contributed by atoms with Crippen molar-refractivity contribution in [2.24, 2.45) is 11.1 Å². The molecule has 1 fully saturated rings. The molecule has 2 N–H and O–H groups in total. The molecule has 0 aromatic heterocycles. The Kier molecular flexibility index (Phi) is 6.90. The first kappa shape index (κ1) is 22.4. The van der Waals surface area contributed by atoms with E-state index in [1.165, 1.54) is 17.5 Å². The summed E-state index contributed by atoms with van der Waals surface area (Å²) in [6.07, 6.45) is 1.04. The highest BCUT2D eigenvalue weighted by Crippen LogP contribution is 2.38. The lowest BCUT2D eigenvalue weighted by atomic mass is 9.76. The molecule has 1 aliphatic rings. The fourth-order valence-corrected chi connectivity index (χ4v) is 5.30. The molecule has 1 amide bonds. The number of carbonyl (C=O) groups is 1. The number of sulfonamides is 1. The number of halogens is 1. The van der Waals surface area contributed by atoms with Crippen molar-refractivity contribution in [3.8, 4) is 11.5 Å². The lowest BCUT2D eigenvalue weighted by Crippen LogP contribution is -2.47. The molecule has 2 aromatic rings. The molecule has 3 rings (SSSR count). The first-order chi connectivity index (χ1) is 14.2. The van der Waals surface area contributed by atoms with Gasteiger partial charge in [-0.05, 0) is 43.2 Å². The molecular weight excluding hydrogens is 428 g/mol. The van der Waals surface area contributed by atoms with Crippen LogP contribution < -0.4 is 15.2 Å². The van der Waals surface area contributed by atoms with Crippen molar-refractivity contribution in [3.63, 3.8) is 0 Å². The quantitative estimate of drug-likeness (QED) is 0.663. The number of rotatable bonds is 8. The van der Waals surface area contributed by atoms with Crippen LogP contribution >= 0.6 is 11.6 Å². The van der Waals surface area contributed by atoms with E-state index in [9.17, 15) is 13.2 Å². The van der Waals surface area contributed by atoms with E-state index in [0.29, 0.717) is 29.4 Å². The van der Waals surface area contributed by atoms with Gasteiger partial charge in [0.1, 0.15) is 11.5 Å². The zero-order chi connectivity index (χ0) is 21.8. The average Bonchev–Trinajstić information content (AvgIpc) is 2.72. The summed E-state index contributed by atoms with van der Waals surface area (Å²) >= 11 is 6.00. The molecular formula is C21H25ClN2O5S. The highest BCUT2D eigenvalue weighted by molar-refractivity contribution is 7.89. The van der Waals surface area contributed by atoms with E-state index in [0.717, 1.165) is 0 Å². The summed E-state index contributed by atoms with van der Waals surface area (Å²) in [6.45, 7) is 0.792. The van der Waals surface area contributed by atoms with Crippen molar-refractivity contribution in [3.05, 3.63) is 53.6 Å². The summed E-state index contributed by atoms with van der Waals surface area (Å²) in [5.74, 6) is 0.637. The van der Waals surface area contributed by atoms with Crippen LogP contribution in [-0.2, 0) is 14.8 Å². The van der Waals surface area contributed by atoms with Gasteiger partial charge >= 0.3 is 0 Å². The van der Waals surface area contributed by atoms with Gasteiger partial charge in [0.05, 0.1) is 18.6 Å². The first-order valence-electron chi connectivity index (χ1n) is 9.55. The van der Waals surface area contributed by atoms with E-state index in [4.69, 9.17) is 26.8 Å². The van der Waals surface area contributed by atoms with Gasteiger partial charge in [-0.25, -0.2) is 8.42 Å². The Morgan fingerprint density at radius 2 is 1.80 bits per heavy atom. The number of amides is 1. The molecule has 0 unspecified atom stereocenters. The van der Waals surface area contributed by atoms with Crippen molar-refractivity contribution in [2.45, 2.75) is 24.2 Å². The van der Waals surface area contributed by atoms with E-state index in [2.05, 4.69) is 0 Å². The summed E-state index contributed by atoms with van der Waals surface area (Å²) in [7, 11) is -2.18. The second-order valence-corrected chi connectivity index (χ2v) is 9.85. The number of hydrogen-bond donors (Lipinski definition) is 1. The van der Waals surface area contributed by atoms with Crippen molar-refractivity contribution in [1.29, 1.82) is 0 Å². The second kappa shape index (κ2) is 9.24. The number of benzene rings is 2. The zero-order valence-electron chi connectivity index (χ0n) is 16.7. The van der Waals surface area contributed by atoms with Gasteiger partial charge in [0.15, 0.2) is 0 Å². The number of nitrogens with zero attached hydrogens (tertiary/aromatic N) is 1. The highest BCUT2D eigenvalue weighted by atomic mass is 35.5. The van der Waals surface area contributed by atoms with E-state index in [-0.39, 0.29) is 31.0 Å². The zero-order valence-corrected chi connectivity index (χ0v) is 18.3. The monoisotopic (exact) mass is 452 g/mol. The van der Waals surface area contributed by atoms with Crippen LogP contribution in [0.25, 0.3) is 0 Å². The summed E-state index contributed by atoms with van der Waals surface area (Å²) in [4.78, 5) is 11.9. The van der Waals surface area contributed by atoms with Gasteiger partial charge < -0.3 is 15.2 Å². The molecule has 0 aliphatic carbocycles. The van der Waals surface area contributed by atoms with Crippen LogP contribution in [0, 0.1) is 5.41 Å². The molecule has 7 nitrogen and oxygen atoms in total. The molecule has 30 heavy (non-hydrogen) atoms. The third-order valence-electron chi connectivity index (χ3n) is 5.35. The molecule has 9 heteroatoms. The van der Waals surface area contributed by atoms with Crippen molar-refractivity contribution in [2.75, 3.05) is 26.8 Å². The largest absolute Gasteiger partial charge is 0.497 e. The fourth-order valence-electron chi connectivity index (χ4n) is 3.65. The van der Waals surface area contributed by atoms with Gasteiger partial charge in [-0.2, -0.15) is 4.31 Å².